The Labute approximate surface area is 277 Å². The SMILES string of the molecule is CC(C)[C@H](NC(=O)CCc1ccc(O)cc1)C(=O)N[C@@H](CCCC(N)C(=O)OCc1ccccc1)C(=O)NC(CC(=O)O)C(=O)C=[N+]=[N-]. The second-order valence-corrected chi connectivity index (χ2v) is 11.5. The van der Waals surface area contributed by atoms with Gasteiger partial charge in [-0.2, -0.15) is 4.79 Å². The van der Waals surface area contributed by atoms with Crippen LogP contribution >= 0.6 is 0 Å². The number of amides is 3. The summed E-state index contributed by atoms with van der Waals surface area (Å²) in [7, 11) is 0. The van der Waals surface area contributed by atoms with E-state index in [1.165, 1.54) is 12.1 Å². The molecule has 15 nitrogen and oxygen atoms in total. The smallest absolute Gasteiger partial charge is 0.325 e. The molecule has 0 radical (unpaired) electrons. The molecule has 15 heteroatoms. The molecule has 7 N–H and O–H groups in total. The fourth-order valence-electron chi connectivity index (χ4n) is 4.54. The maximum atomic E-state index is 13.4. The minimum Gasteiger partial charge on any atom is -0.508 e. The number of aryl methyl sites for hydroxylation is 1. The van der Waals surface area contributed by atoms with Gasteiger partial charge in [-0.25, -0.2) is 0 Å². The van der Waals surface area contributed by atoms with E-state index in [2.05, 4.69) is 20.7 Å². The number of rotatable bonds is 20. The first-order valence-corrected chi connectivity index (χ1v) is 15.4. The summed E-state index contributed by atoms with van der Waals surface area (Å²) in [6.45, 7) is 3.40. The van der Waals surface area contributed by atoms with Gasteiger partial charge in [-0.3, -0.25) is 28.8 Å². The van der Waals surface area contributed by atoms with Crippen LogP contribution in [0.1, 0.15) is 57.1 Å². The summed E-state index contributed by atoms with van der Waals surface area (Å²) in [5.41, 5.74) is 16.3. The molecule has 0 aromatic heterocycles. The third kappa shape index (κ3) is 13.9. The highest BCUT2D eigenvalue weighted by atomic mass is 16.5. The molecule has 0 bridgehead atoms. The first-order chi connectivity index (χ1) is 22.8. The van der Waals surface area contributed by atoms with Crippen molar-refractivity contribution in [3.8, 4) is 5.75 Å². The van der Waals surface area contributed by atoms with Gasteiger partial charge in [0.05, 0.1) is 6.42 Å². The quantitative estimate of drug-likeness (QED) is 0.0506. The van der Waals surface area contributed by atoms with Crippen LogP contribution in [0.3, 0.4) is 0 Å². The van der Waals surface area contributed by atoms with Crippen molar-refractivity contribution in [2.45, 2.75) is 83.1 Å². The molecule has 2 aromatic carbocycles. The highest BCUT2D eigenvalue weighted by molar-refractivity contribution is 6.28. The Morgan fingerprint density at radius 1 is 0.896 bits per heavy atom. The van der Waals surface area contributed by atoms with E-state index in [1.807, 2.05) is 6.07 Å². The molecule has 0 fully saturated rings. The van der Waals surface area contributed by atoms with Crippen LogP contribution in [0.5, 0.6) is 5.75 Å². The van der Waals surface area contributed by atoms with Crippen molar-refractivity contribution in [3.63, 3.8) is 0 Å². The van der Waals surface area contributed by atoms with Crippen LogP contribution in [0.2, 0.25) is 0 Å². The van der Waals surface area contributed by atoms with Crippen LogP contribution in [-0.2, 0) is 46.5 Å². The van der Waals surface area contributed by atoms with Gasteiger partial charge in [0.15, 0.2) is 0 Å². The van der Waals surface area contributed by atoms with Gasteiger partial charge in [-0.05, 0) is 54.9 Å². The van der Waals surface area contributed by atoms with Gasteiger partial charge in [0.2, 0.25) is 17.7 Å². The molecular formula is C33H42N6O9. The summed E-state index contributed by atoms with van der Waals surface area (Å²) in [5, 5.41) is 26.2. The molecule has 2 aromatic rings. The normalized spacial score (nSPS) is 13.2. The number of nitrogens with zero attached hydrogens (tertiary/aromatic N) is 2. The van der Waals surface area contributed by atoms with Gasteiger partial charge in [-0.15, -0.1) is 0 Å². The van der Waals surface area contributed by atoms with Crippen molar-refractivity contribution in [3.05, 3.63) is 71.3 Å². The van der Waals surface area contributed by atoms with Gasteiger partial charge >= 0.3 is 18.2 Å². The number of aromatic hydroxyl groups is 1. The van der Waals surface area contributed by atoms with Crippen LogP contribution in [0.25, 0.3) is 5.53 Å². The standard InChI is InChI=1S/C33H42N6O9/c1-20(2)30(39-28(42)16-13-21-11-14-23(40)15-12-21)32(46)37-25(31(45)38-26(17-29(43)44)27(41)18-36-35)10-6-9-24(34)33(47)48-19-22-7-4-3-5-8-22/h3-5,7-8,11-12,14-15,18,20,24-26,30,40H,6,9-10,13,16-17,19,34H2,1-2H3,(H,37,46)(H,38,45)(H,39,42)(H,43,44)/t24?,25-,26?,30-/m0/s1. The number of esters is 1. The summed E-state index contributed by atoms with van der Waals surface area (Å²) in [6.07, 6.45) is 0.0944. The van der Waals surface area contributed by atoms with Crippen molar-refractivity contribution in [2.24, 2.45) is 11.7 Å². The highest BCUT2D eigenvalue weighted by Gasteiger charge is 2.32. The molecule has 4 atom stereocenters. The van der Waals surface area contributed by atoms with Crippen LogP contribution in [0.15, 0.2) is 54.6 Å². The number of nitrogens with one attached hydrogen (secondary N) is 3. The molecule has 0 saturated carbocycles. The zero-order valence-electron chi connectivity index (χ0n) is 26.8. The molecule has 0 aliphatic heterocycles. The Bertz CT molecular complexity index is 1460. The number of carbonyl (C=O) groups excluding carboxylic acids is 5. The van der Waals surface area contributed by atoms with Gasteiger partial charge < -0.3 is 42.2 Å². The number of ketones is 1. The minimum atomic E-state index is -1.61. The molecular weight excluding hydrogens is 624 g/mol. The lowest BCUT2D eigenvalue weighted by Gasteiger charge is -2.26. The number of phenols is 1. The van der Waals surface area contributed by atoms with E-state index >= 15 is 0 Å². The van der Waals surface area contributed by atoms with E-state index in [0.29, 0.717) is 12.6 Å². The van der Waals surface area contributed by atoms with Crippen molar-refractivity contribution in [1.29, 1.82) is 0 Å². The Balaban J connectivity index is 2.12. The molecule has 2 unspecified atom stereocenters. The number of nitrogens with two attached hydrogens (primary N) is 1. The summed E-state index contributed by atoms with van der Waals surface area (Å²) in [5.74, 6) is -5.49. The van der Waals surface area contributed by atoms with Gasteiger partial charge in [-0.1, -0.05) is 56.3 Å². The Morgan fingerprint density at radius 3 is 2.15 bits per heavy atom. The molecule has 0 saturated heterocycles. The second kappa shape index (κ2) is 20.0. The summed E-state index contributed by atoms with van der Waals surface area (Å²) in [4.78, 5) is 78.2. The molecule has 0 aliphatic rings. The number of ether oxygens (including phenoxy) is 1. The van der Waals surface area contributed by atoms with E-state index in [0.717, 1.165) is 11.1 Å². The fraction of sp³-hybridized carbons (Fsp3) is 0.424. The molecule has 0 spiro atoms. The first kappa shape index (κ1) is 38.8. The van der Waals surface area contributed by atoms with Crippen molar-refractivity contribution in [1.82, 2.24) is 16.0 Å². The van der Waals surface area contributed by atoms with Gasteiger partial charge in [0, 0.05) is 6.42 Å². The predicted molar refractivity (Wildman–Crippen MR) is 172 cm³/mol. The number of hydrogen-bond donors (Lipinski definition) is 6. The summed E-state index contributed by atoms with van der Waals surface area (Å²) < 4.78 is 5.26. The van der Waals surface area contributed by atoms with Crippen LogP contribution in [-0.4, -0.2) is 80.8 Å². The van der Waals surface area contributed by atoms with E-state index in [-0.39, 0.29) is 38.0 Å². The van der Waals surface area contributed by atoms with E-state index in [4.69, 9.17) is 16.0 Å². The van der Waals surface area contributed by atoms with E-state index < -0.39 is 71.9 Å². The lowest BCUT2D eigenvalue weighted by molar-refractivity contribution is -0.146. The lowest BCUT2D eigenvalue weighted by atomic mass is 10.00. The Morgan fingerprint density at radius 2 is 1.54 bits per heavy atom. The summed E-state index contributed by atoms with van der Waals surface area (Å²) >= 11 is 0. The largest absolute Gasteiger partial charge is 0.508 e. The number of carbonyl (C=O) groups is 6. The zero-order valence-corrected chi connectivity index (χ0v) is 26.8. The topological polar surface area (TPSA) is 251 Å². The third-order valence-corrected chi connectivity index (χ3v) is 7.23. The van der Waals surface area contributed by atoms with Crippen molar-refractivity contribution < 1.29 is 48.5 Å². The Hall–Kier alpha value is -5.40. The number of hydrogen-bond acceptors (Lipinski definition) is 9. The highest BCUT2D eigenvalue weighted by Crippen LogP contribution is 2.13. The van der Waals surface area contributed by atoms with E-state index in [9.17, 15) is 39.0 Å². The molecule has 0 aliphatic carbocycles. The molecule has 2 rings (SSSR count). The number of Topliss-reactive ketones (excluding diaryl/α,β-unsaturated/α-hetero) is 1. The number of aliphatic carboxylic acids is 1. The number of carboxylic acid groups (broad SMARTS) is 1. The minimum absolute atomic E-state index is 0.0157. The maximum absolute atomic E-state index is 13.4. The van der Waals surface area contributed by atoms with Crippen LogP contribution < -0.4 is 21.7 Å². The Kier molecular flexibility index (Phi) is 16.1. The molecule has 48 heavy (non-hydrogen) atoms. The average molecular weight is 667 g/mol. The fourth-order valence-corrected chi connectivity index (χ4v) is 4.54. The first-order valence-electron chi connectivity index (χ1n) is 15.4. The van der Waals surface area contributed by atoms with Crippen LogP contribution in [0.4, 0.5) is 0 Å². The zero-order chi connectivity index (χ0) is 35.6. The summed E-state index contributed by atoms with van der Waals surface area (Å²) in [6, 6.07) is 10.2. The van der Waals surface area contributed by atoms with Crippen molar-refractivity contribution in [2.75, 3.05) is 0 Å². The lowest BCUT2D eigenvalue weighted by Crippen LogP contribution is -2.57. The van der Waals surface area contributed by atoms with Gasteiger partial charge in [0.1, 0.15) is 36.5 Å². The average Bonchev–Trinajstić information content (AvgIpc) is 3.05. The third-order valence-electron chi connectivity index (χ3n) is 7.23. The monoisotopic (exact) mass is 666 g/mol. The molecule has 258 valence electrons. The predicted octanol–water partition coefficient (Wildman–Crippen LogP) is 1.02. The number of benzene rings is 2. The number of carboxylic acids is 1. The molecule has 3 amide bonds. The second-order valence-electron chi connectivity index (χ2n) is 11.5. The van der Waals surface area contributed by atoms with E-state index in [1.54, 1.807) is 50.2 Å². The van der Waals surface area contributed by atoms with Gasteiger partial charge in [0.25, 0.3) is 5.78 Å². The maximum Gasteiger partial charge on any atom is 0.325 e. The van der Waals surface area contributed by atoms with Crippen molar-refractivity contribution >= 4 is 41.7 Å². The number of phenolic OH excluding ortho intramolecular Hbond substituents is 1. The molecule has 0 heterocycles. The van der Waals surface area contributed by atoms with Crippen LogP contribution in [0, 0.1) is 5.92 Å².